The molecule has 0 amide bonds. The molecular formula is C7H11FN2S. The second-order valence-corrected chi connectivity index (χ2v) is 3.20. The first-order chi connectivity index (χ1) is 5.36. The molecule has 0 aliphatic carbocycles. The zero-order valence-corrected chi connectivity index (χ0v) is 7.03. The number of hydrogen-bond acceptors (Lipinski definition) is 3. The predicted molar refractivity (Wildman–Crippen MR) is 44.3 cm³/mol. The molecule has 2 N–H and O–H groups in total. The normalized spacial score (nSPS) is 10.4. The van der Waals surface area contributed by atoms with Crippen LogP contribution in [0.4, 0.5) is 4.39 Å². The number of rotatable bonds is 4. The van der Waals surface area contributed by atoms with Crippen LogP contribution in [-0.4, -0.2) is 11.5 Å². The molecule has 0 aromatic carbocycles. The third kappa shape index (κ3) is 2.55. The van der Waals surface area contributed by atoms with Gasteiger partial charge in [0, 0.05) is 11.8 Å². The van der Waals surface area contributed by atoms with E-state index < -0.39 is 6.67 Å². The lowest BCUT2D eigenvalue weighted by atomic mass is 10.3. The van der Waals surface area contributed by atoms with Gasteiger partial charge in [0.25, 0.3) is 0 Å². The number of halogens is 1. The van der Waals surface area contributed by atoms with Gasteiger partial charge in [-0.15, -0.1) is 11.3 Å². The number of nitrogens with zero attached hydrogens (tertiary/aromatic N) is 1. The van der Waals surface area contributed by atoms with Crippen LogP contribution in [0, 0.1) is 0 Å². The highest BCUT2D eigenvalue weighted by Gasteiger charge is 1.99. The minimum absolute atomic E-state index is 0.459. The van der Waals surface area contributed by atoms with E-state index in [-0.39, 0.29) is 0 Å². The highest BCUT2D eigenvalue weighted by Crippen LogP contribution is 2.11. The number of aryl methyl sites for hydroxylation is 1. The van der Waals surface area contributed by atoms with Gasteiger partial charge >= 0.3 is 0 Å². The van der Waals surface area contributed by atoms with E-state index in [1.165, 1.54) is 11.3 Å². The Morgan fingerprint density at radius 2 is 2.45 bits per heavy atom. The standard InChI is InChI=1S/C7H11FN2S/c8-4-6-5-11-7(10-6)2-1-3-9/h5H,1-4,9H2. The molecule has 1 heterocycles. The number of thiazole rings is 1. The van der Waals surface area contributed by atoms with Crippen molar-refractivity contribution in [3.05, 3.63) is 16.1 Å². The van der Waals surface area contributed by atoms with Gasteiger partial charge in [0.2, 0.25) is 0 Å². The molecule has 0 saturated heterocycles. The van der Waals surface area contributed by atoms with Crippen molar-refractivity contribution in [3.8, 4) is 0 Å². The van der Waals surface area contributed by atoms with Crippen LogP contribution in [0.5, 0.6) is 0 Å². The smallest absolute Gasteiger partial charge is 0.132 e. The summed E-state index contributed by atoms with van der Waals surface area (Å²) in [5.41, 5.74) is 5.86. The van der Waals surface area contributed by atoms with Crippen molar-refractivity contribution < 1.29 is 4.39 Å². The van der Waals surface area contributed by atoms with Gasteiger partial charge in [-0.05, 0) is 13.0 Å². The first kappa shape index (κ1) is 8.62. The second-order valence-electron chi connectivity index (χ2n) is 2.26. The van der Waals surface area contributed by atoms with Crippen molar-refractivity contribution in [3.63, 3.8) is 0 Å². The van der Waals surface area contributed by atoms with Crippen molar-refractivity contribution in [1.82, 2.24) is 4.98 Å². The molecule has 0 unspecified atom stereocenters. The summed E-state index contributed by atoms with van der Waals surface area (Å²) in [6.07, 6.45) is 1.81. The summed E-state index contributed by atoms with van der Waals surface area (Å²) in [6, 6.07) is 0. The minimum Gasteiger partial charge on any atom is -0.330 e. The lowest BCUT2D eigenvalue weighted by Gasteiger charge is -1.90. The lowest BCUT2D eigenvalue weighted by Crippen LogP contribution is -2.00. The predicted octanol–water partition coefficient (Wildman–Crippen LogP) is 1.50. The molecule has 62 valence electrons. The maximum Gasteiger partial charge on any atom is 0.132 e. The van der Waals surface area contributed by atoms with E-state index in [0.717, 1.165) is 17.8 Å². The van der Waals surface area contributed by atoms with E-state index in [9.17, 15) is 4.39 Å². The molecule has 1 rings (SSSR count). The van der Waals surface area contributed by atoms with Crippen molar-refractivity contribution >= 4 is 11.3 Å². The molecule has 0 saturated carbocycles. The van der Waals surface area contributed by atoms with Crippen LogP contribution in [0.3, 0.4) is 0 Å². The van der Waals surface area contributed by atoms with Crippen LogP contribution >= 0.6 is 11.3 Å². The SMILES string of the molecule is NCCCc1nc(CF)cs1. The number of alkyl halides is 1. The Balaban J connectivity index is 2.44. The highest BCUT2D eigenvalue weighted by atomic mass is 32.1. The van der Waals surface area contributed by atoms with Crippen molar-refractivity contribution in [2.45, 2.75) is 19.5 Å². The van der Waals surface area contributed by atoms with E-state index in [4.69, 9.17) is 5.73 Å². The summed E-state index contributed by atoms with van der Waals surface area (Å²) in [6.45, 7) is 0.212. The third-order valence-corrected chi connectivity index (χ3v) is 2.29. The Hall–Kier alpha value is -0.480. The van der Waals surface area contributed by atoms with Gasteiger partial charge in [-0.1, -0.05) is 0 Å². The van der Waals surface area contributed by atoms with Crippen LogP contribution in [0.25, 0.3) is 0 Å². The average molecular weight is 174 g/mol. The van der Waals surface area contributed by atoms with Crippen LogP contribution in [-0.2, 0) is 13.1 Å². The molecule has 11 heavy (non-hydrogen) atoms. The summed E-state index contributed by atoms with van der Waals surface area (Å²) < 4.78 is 12.0. The molecule has 1 aromatic heterocycles. The first-order valence-corrected chi connectivity index (χ1v) is 4.44. The number of aromatic nitrogens is 1. The Kier molecular flexibility index (Phi) is 3.45. The fourth-order valence-corrected chi connectivity index (χ4v) is 1.60. The van der Waals surface area contributed by atoms with Crippen molar-refractivity contribution in [1.29, 1.82) is 0 Å². The zero-order valence-electron chi connectivity index (χ0n) is 6.22. The largest absolute Gasteiger partial charge is 0.330 e. The molecule has 0 bridgehead atoms. The molecule has 0 atom stereocenters. The zero-order chi connectivity index (χ0) is 8.10. The van der Waals surface area contributed by atoms with Crippen LogP contribution < -0.4 is 5.73 Å². The van der Waals surface area contributed by atoms with Gasteiger partial charge in [0.15, 0.2) is 0 Å². The van der Waals surface area contributed by atoms with Gasteiger partial charge in [-0.25, -0.2) is 9.37 Å². The number of nitrogens with two attached hydrogens (primary N) is 1. The quantitative estimate of drug-likeness (QED) is 0.751. The van der Waals surface area contributed by atoms with Crippen LogP contribution in [0.2, 0.25) is 0 Å². The van der Waals surface area contributed by atoms with Gasteiger partial charge in [0.1, 0.15) is 6.67 Å². The van der Waals surface area contributed by atoms with E-state index in [1.54, 1.807) is 5.38 Å². The second kappa shape index (κ2) is 4.41. The van der Waals surface area contributed by atoms with E-state index in [1.807, 2.05) is 0 Å². The third-order valence-electron chi connectivity index (χ3n) is 1.33. The van der Waals surface area contributed by atoms with Crippen molar-refractivity contribution in [2.75, 3.05) is 6.54 Å². The molecule has 2 nitrogen and oxygen atoms in total. The average Bonchev–Trinajstić information content (AvgIpc) is 2.48. The molecule has 0 fully saturated rings. The molecule has 0 spiro atoms. The molecule has 4 heteroatoms. The summed E-state index contributed by atoms with van der Waals surface area (Å²) >= 11 is 1.51. The summed E-state index contributed by atoms with van der Waals surface area (Å²) in [4.78, 5) is 4.05. The first-order valence-electron chi connectivity index (χ1n) is 3.56. The van der Waals surface area contributed by atoms with Crippen LogP contribution in [0.1, 0.15) is 17.1 Å². The highest BCUT2D eigenvalue weighted by molar-refractivity contribution is 7.09. The Bertz CT molecular complexity index is 212. The monoisotopic (exact) mass is 174 g/mol. The topological polar surface area (TPSA) is 38.9 Å². The summed E-state index contributed by atoms with van der Waals surface area (Å²) in [5, 5.41) is 2.74. The van der Waals surface area contributed by atoms with Gasteiger partial charge in [-0.3, -0.25) is 0 Å². The molecule has 0 aliphatic heterocycles. The number of hydrogen-bond donors (Lipinski definition) is 1. The molecule has 1 aromatic rings. The van der Waals surface area contributed by atoms with E-state index >= 15 is 0 Å². The Labute approximate surface area is 69.3 Å². The minimum atomic E-state index is -0.459. The Morgan fingerprint density at radius 3 is 3.00 bits per heavy atom. The lowest BCUT2D eigenvalue weighted by molar-refractivity contribution is 0.477. The van der Waals surface area contributed by atoms with E-state index in [0.29, 0.717) is 12.2 Å². The fraction of sp³-hybridized carbons (Fsp3) is 0.571. The fourth-order valence-electron chi connectivity index (χ4n) is 0.778. The maximum absolute atomic E-state index is 12.0. The van der Waals surface area contributed by atoms with Crippen molar-refractivity contribution in [2.24, 2.45) is 5.73 Å². The van der Waals surface area contributed by atoms with Gasteiger partial charge in [-0.2, -0.15) is 0 Å². The molecular weight excluding hydrogens is 163 g/mol. The Morgan fingerprint density at radius 1 is 1.64 bits per heavy atom. The molecule has 0 radical (unpaired) electrons. The molecule has 0 aliphatic rings. The van der Waals surface area contributed by atoms with E-state index in [2.05, 4.69) is 4.98 Å². The van der Waals surface area contributed by atoms with Gasteiger partial charge in [0.05, 0.1) is 10.7 Å². The summed E-state index contributed by atoms with van der Waals surface area (Å²) in [7, 11) is 0. The summed E-state index contributed by atoms with van der Waals surface area (Å²) in [5.74, 6) is 0. The van der Waals surface area contributed by atoms with Gasteiger partial charge < -0.3 is 5.73 Å². The maximum atomic E-state index is 12.0. The van der Waals surface area contributed by atoms with Crippen LogP contribution in [0.15, 0.2) is 5.38 Å².